The van der Waals surface area contributed by atoms with Crippen molar-refractivity contribution in [2.75, 3.05) is 20.8 Å². The van der Waals surface area contributed by atoms with Gasteiger partial charge in [0.2, 0.25) is 0 Å². The number of carbonyl (C=O) groups excluding carboxylic acids is 2. The molecule has 0 aromatic heterocycles. The third kappa shape index (κ3) is 6.65. The summed E-state index contributed by atoms with van der Waals surface area (Å²) in [4.78, 5) is 25.4. The van der Waals surface area contributed by atoms with Gasteiger partial charge in [-0.1, -0.05) is 42.5 Å². The van der Waals surface area contributed by atoms with Crippen molar-refractivity contribution in [3.63, 3.8) is 0 Å². The van der Waals surface area contributed by atoms with Crippen LogP contribution in [0.25, 0.3) is 0 Å². The molecule has 6 heteroatoms. The lowest BCUT2D eigenvalue weighted by molar-refractivity contribution is -0.144. The van der Waals surface area contributed by atoms with Crippen LogP contribution in [0, 0.1) is 11.3 Å². The minimum atomic E-state index is -0.860. The van der Waals surface area contributed by atoms with Gasteiger partial charge in [-0.2, -0.15) is 5.26 Å². The van der Waals surface area contributed by atoms with Gasteiger partial charge >= 0.3 is 11.9 Å². The van der Waals surface area contributed by atoms with E-state index in [0.717, 1.165) is 19.8 Å². The summed E-state index contributed by atoms with van der Waals surface area (Å²) in [6, 6.07) is 11.7. The molecule has 6 nitrogen and oxygen atoms in total. The Balaban J connectivity index is 3.19. The van der Waals surface area contributed by atoms with E-state index in [1.54, 1.807) is 6.20 Å². The second-order valence-electron chi connectivity index (χ2n) is 5.22. The lowest BCUT2D eigenvalue weighted by atomic mass is 10.1. The highest BCUT2D eigenvalue weighted by molar-refractivity contribution is 6.14. The van der Waals surface area contributed by atoms with Crippen molar-refractivity contribution in [3.8, 4) is 6.07 Å². The van der Waals surface area contributed by atoms with Gasteiger partial charge in [0.05, 0.1) is 19.8 Å². The van der Waals surface area contributed by atoms with Crippen molar-refractivity contribution in [1.29, 1.82) is 5.26 Å². The lowest BCUT2D eigenvalue weighted by Crippen LogP contribution is -2.18. The molecule has 0 unspecified atom stereocenters. The highest BCUT2D eigenvalue weighted by Crippen LogP contribution is 2.11. The third-order valence-electron chi connectivity index (χ3n) is 3.37. The van der Waals surface area contributed by atoms with Crippen molar-refractivity contribution in [3.05, 3.63) is 71.5 Å². The number of hydrogen-bond acceptors (Lipinski definition) is 6. The van der Waals surface area contributed by atoms with E-state index < -0.39 is 11.9 Å². The van der Waals surface area contributed by atoms with Crippen LogP contribution in [0.2, 0.25) is 0 Å². The fraction of sp³-hybridized carbons (Fsp3) is 0.250. The van der Waals surface area contributed by atoms with Crippen molar-refractivity contribution < 1.29 is 19.1 Å². The topological polar surface area (TPSA) is 79.6 Å². The van der Waals surface area contributed by atoms with Crippen LogP contribution in [0.4, 0.5) is 0 Å². The summed E-state index contributed by atoms with van der Waals surface area (Å²) in [5.74, 6) is -1.72. The van der Waals surface area contributed by atoms with Crippen LogP contribution >= 0.6 is 0 Å². The van der Waals surface area contributed by atoms with E-state index in [1.165, 1.54) is 6.08 Å². The first-order valence-corrected chi connectivity index (χ1v) is 7.95. The average Bonchev–Trinajstić information content (AvgIpc) is 2.68. The van der Waals surface area contributed by atoms with Crippen molar-refractivity contribution in [1.82, 2.24) is 4.90 Å². The normalized spacial score (nSPS) is 10.8. The SMILES string of the molecule is C/C=C/CN(/C=C(/C#N)C=C(C(=O)OC)C(=O)OC)Cc1ccccc1. The molecule has 1 aromatic rings. The van der Waals surface area contributed by atoms with Gasteiger partial charge in [0.25, 0.3) is 0 Å². The smallest absolute Gasteiger partial charge is 0.345 e. The average molecular weight is 354 g/mol. The molecule has 0 heterocycles. The highest BCUT2D eigenvalue weighted by Gasteiger charge is 2.20. The zero-order valence-corrected chi connectivity index (χ0v) is 15.1. The maximum absolute atomic E-state index is 11.8. The quantitative estimate of drug-likeness (QED) is 0.136. The van der Waals surface area contributed by atoms with Gasteiger partial charge in [-0.15, -0.1) is 0 Å². The Morgan fingerprint density at radius 2 is 1.77 bits per heavy atom. The van der Waals surface area contributed by atoms with Crippen molar-refractivity contribution in [2.24, 2.45) is 0 Å². The van der Waals surface area contributed by atoms with Crippen LogP contribution in [0.5, 0.6) is 0 Å². The van der Waals surface area contributed by atoms with E-state index in [4.69, 9.17) is 0 Å². The molecule has 0 aliphatic rings. The molecule has 26 heavy (non-hydrogen) atoms. The number of carbonyl (C=O) groups is 2. The number of hydrogen-bond donors (Lipinski definition) is 0. The Labute approximate surface area is 153 Å². The molecular formula is C20H22N2O4. The van der Waals surface area contributed by atoms with Gasteiger partial charge in [-0.3, -0.25) is 0 Å². The van der Waals surface area contributed by atoms with Crippen molar-refractivity contribution in [2.45, 2.75) is 13.5 Å². The number of rotatable bonds is 8. The van der Waals surface area contributed by atoms with Gasteiger partial charge in [-0.05, 0) is 18.6 Å². The molecule has 136 valence electrons. The summed E-state index contributed by atoms with van der Waals surface area (Å²) in [5.41, 5.74) is 0.861. The Bertz CT molecular complexity index is 725. The molecule has 0 amide bonds. The fourth-order valence-corrected chi connectivity index (χ4v) is 2.09. The first-order valence-electron chi connectivity index (χ1n) is 7.95. The fourth-order valence-electron chi connectivity index (χ4n) is 2.09. The molecule has 0 bridgehead atoms. The van der Waals surface area contributed by atoms with E-state index in [9.17, 15) is 14.9 Å². The van der Waals surface area contributed by atoms with Gasteiger partial charge in [0.15, 0.2) is 0 Å². The van der Waals surface area contributed by atoms with Crippen LogP contribution in [-0.4, -0.2) is 37.6 Å². The van der Waals surface area contributed by atoms with Gasteiger partial charge in [0.1, 0.15) is 11.6 Å². The molecule has 0 saturated heterocycles. The summed E-state index contributed by atoms with van der Waals surface area (Å²) >= 11 is 0. The summed E-state index contributed by atoms with van der Waals surface area (Å²) in [7, 11) is 2.31. The summed E-state index contributed by atoms with van der Waals surface area (Å²) in [5, 5.41) is 9.41. The van der Waals surface area contributed by atoms with Gasteiger partial charge in [0, 0.05) is 19.3 Å². The molecule has 1 rings (SSSR count). The van der Waals surface area contributed by atoms with E-state index >= 15 is 0 Å². The molecule has 0 radical (unpaired) electrons. The number of benzene rings is 1. The van der Waals surface area contributed by atoms with Gasteiger partial charge in [-0.25, -0.2) is 9.59 Å². The maximum Gasteiger partial charge on any atom is 0.345 e. The minimum absolute atomic E-state index is 0.135. The molecule has 0 saturated carbocycles. The second-order valence-corrected chi connectivity index (χ2v) is 5.22. The molecule has 0 fully saturated rings. The Morgan fingerprint density at radius 1 is 1.15 bits per heavy atom. The monoisotopic (exact) mass is 354 g/mol. The first-order chi connectivity index (χ1) is 12.5. The number of nitriles is 1. The Morgan fingerprint density at radius 3 is 2.27 bits per heavy atom. The van der Waals surface area contributed by atoms with Crippen LogP contribution in [0.3, 0.4) is 0 Å². The zero-order valence-electron chi connectivity index (χ0n) is 15.1. The maximum atomic E-state index is 11.8. The van der Waals surface area contributed by atoms with Crippen LogP contribution in [0.15, 0.2) is 65.9 Å². The van der Waals surface area contributed by atoms with Crippen LogP contribution in [0.1, 0.15) is 12.5 Å². The predicted molar refractivity (Wildman–Crippen MR) is 97.5 cm³/mol. The first kappa shape index (κ1) is 20.7. The summed E-state index contributed by atoms with van der Waals surface area (Å²) < 4.78 is 9.15. The minimum Gasteiger partial charge on any atom is -0.465 e. The van der Waals surface area contributed by atoms with E-state index in [-0.39, 0.29) is 11.1 Å². The predicted octanol–water partition coefficient (Wildman–Crippen LogP) is 2.74. The third-order valence-corrected chi connectivity index (χ3v) is 3.37. The zero-order chi connectivity index (χ0) is 19.4. The molecule has 0 aliphatic carbocycles. The van der Waals surface area contributed by atoms with E-state index in [1.807, 2.05) is 60.4 Å². The van der Waals surface area contributed by atoms with E-state index in [2.05, 4.69) is 9.47 Å². The van der Waals surface area contributed by atoms with Crippen molar-refractivity contribution >= 4 is 11.9 Å². The highest BCUT2D eigenvalue weighted by atomic mass is 16.5. The number of esters is 2. The second kappa shape index (κ2) is 11.3. The molecule has 0 atom stereocenters. The molecular weight excluding hydrogens is 332 g/mol. The Kier molecular flexibility index (Phi) is 8.97. The van der Waals surface area contributed by atoms with Crippen LogP contribution in [-0.2, 0) is 25.6 Å². The lowest BCUT2D eigenvalue weighted by Gasteiger charge is -2.19. The summed E-state index contributed by atoms with van der Waals surface area (Å²) in [6.07, 6.45) is 6.62. The number of nitrogens with zero attached hydrogens (tertiary/aromatic N) is 2. The molecule has 0 N–H and O–H groups in total. The number of allylic oxidation sites excluding steroid dienone is 3. The Hall–Kier alpha value is -3.33. The number of ether oxygens (including phenoxy) is 2. The summed E-state index contributed by atoms with van der Waals surface area (Å²) in [6.45, 7) is 3.04. The van der Waals surface area contributed by atoms with E-state index in [0.29, 0.717) is 13.1 Å². The largest absolute Gasteiger partial charge is 0.465 e. The van der Waals surface area contributed by atoms with Crippen LogP contribution < -0.4 is 0 Å². The molecule has 0 spiro atoms. The van der Waals surface area contributed by atoms with Gasteiger partial charge < -0.3 is 14.4 Å². The standard InChI is InChI=1S/C20H22N2O4/c1-4-5-11-22(14-16-9-7-6-8-10-16)15-17(13-21)12-18(19(23)25-2)20(24)26-3/h4-10,12,15H,11,14H2,1-3H3/b5-4+,17-15+. The molecule has 0 aliphatic heterocycles. The molecule has 1 aromatic carbocycles. The number of methoxy groups -OCH3 is 2.